The Bertz CT molecular complexity index is 264. The van der Waals surface area contributed by atoms with Crippen LogP contribution in [-0.4, -0.2) is 40.0 Å². The zero-order chi connectivity index (χ0) is 12.2. The van der Waals surface area contributed by atoms with E-state index in [9.17, 15) is 0 Å². The molecular formula is C14H23NO2. The number of benzene rings is 1. The number of ether oxygens (including phenoxy) is 2. The Kier molecular flexibility index (Phi) is 8.55. The Balaban J connectivity index is 1.85. The molecule has 3 heteroatoms. The minimum absolute atomic E-state index is 0.758. The van der Waals surface area contributed by atoms with E-state index in [2.05, 4.69) is 29.6 Å². The number of hydrogen-bond donors (Lipinski definition) is 1. The van der Waals surface area contributed by atoms with Gasteiger partial charge in [-0.1, -0.05) is 30.3 Å². The molecule has 1 rings (SSSR count). The normalized spacial score (nSPS) is 10.6. The van der Waals surface area contributed by atoms with Gasteiger partial charge in [0.1, 0.15) is 0 Å². The van der Waals surface area contributed by atoms with E-state index >= 15 is 0 Å². The van der Waals surface area contributed by atoms with Gasteiger partial charge in [0, 0.05) is 26.8 Å². The van der Waals surface area contributed by atoms with Crippen LogP contribution in [0.25, 0.3) is 0 Å². The van der Waals surface area contributed by atoms with Crippen molar-refractivity contribution in [3.63, 3.8) is 0 Å². The van der Waals surface area contributed by atoms with Crippen molar-refractivity contribution >= 4 is 0 Å². The lowest BCUT2D eigenvalue weighted by Gasteiger charge is -2.06. The molecule has 0 aliphatic carbocycles. The van der Waals surface area contributed by atoms with Crippen molar-refractivity contribution in [1.82, 2.24) is 5.32 Å². The highest BCUT2D eigenvalue weighted by molar-refractivity contribution is 5.14. The second-order valence-electron chi connectivity index (χ2n) is 3.94. The molecule has 1 aromatic carbocycles. The van der Waals surface area contributed by atoms with E-state index in [0.29, 0.717) is 0 Å². The monoisotopic (exact) mass is 237 g/mol. The zero-order valence-corrected chi connectivity index (χ0v) is 10.7. The summed E-state index contributed by atoms with van der Waals surface area (Å²) in [5, 5.41) is 3.24. The van der Waals surface area contributed by atoms with Crippen LogP contribution < -0.4 is 5.32 Å². The molecule has 0 saturated heterocycles. The molecule has 0 bridgehead atoms. The summed E-state index contributed by atoms with van der Waals surface area (Å²) in [7, 11) is 1.71. The van der Waals surface area contributed by atoms with Gasteiger partial charge in [-0.15, -0.1) is 0 Å². The standard InChI is InChI=1S/C14H23NO2/c1-16-12-9-15-10-13-17-11-5-8-14-6-3-2-4-7-14/h2-4,6-7,15H,5,8-13H2,1H3. The fourth-order valence-electron chi connectivity index (χ4n) is 1.57. The van der Waals surface area contributed by atoms with Crippen molar-refractivity contribution in [2.75, 3.05) is 40.0 Å². The van der Waals surface area contributed by atoms with Crippen LogP contribution in [0.2, 0.25) is 0 Å². The van der Waals surface area contributed by atoms with Crippen molar-refractivity contribution in [3.05, 3.63) is 35.9 Å². The van der Waals surface area contributed by atoms with Crippen LogP contribution in [0.4, 0.5) is 0 Å². The maximum Gasteiger partial charge on any atom is 0.0590 e. The Hall–Kier alpha value is -0.900. The van der Waals surface area contributed by atoms with Crippen molar-refractivity contribution in [1.29, 1.82) is 0 Å². The second-order valence-corrected chi connectivity index (χ2v) is 3.94. The van der Waals surface area contributed by atoms with Gasteiger partial charge in [0.25, 0.3) is 0 Å². The maximum absolute atomic E-state index is 5.53. The van der Waals surface area contributed by atoms with Crippen LogP contribution >= 0.6 is 0 Å². The number of aryl methyl sites for hydroxylation is 1. The SMILES string of the molecule is COCCNCCOCCCc1ccccc1. The summed E-state index contributed by atoms with van der Waals surface area (Å²) in [4.78, 5) is 0. The molecule has 0 aromatic heterocycles. The summed E-state index contributed by atoms with van der Waals surface area (Å²) in [6.45, 7) is 4.16. The second kappa shape index (κ2) is 10.3. The van der Waals surface area contributed by atoms with Crippen molar-refractivity contribution < 1.29 is 9.47 Å². The first-order valence-electron chi connectivity index (χ1n) is 6.25. The summed E-state index contributed by atoms with van der Waals surface area (Å²) >= 11 is 0. The van der Waals surface area contributed by atoms with Gasteiger partial charge in [-0.2, -0.15) is 0 Å². The van der Waals surface area contributed by atoms with Crippen LogP contribution in [0.3, 0.4) is 0 Å². The van der Waals surface area contributed by atoms with Crippen LogP contribution in [0.15, 0.2) is 30.3 Å². The molecule has 0 aliphatic rings. The molecule has 1 N–H and O–H groups in total. The molecule has 1 aromatic rings. The van der Waals surface area contributed by atoms with Gasteiger partial charge in [-0.05, 0) is 18.4 Å². The first kappa shape index (κ1) is 14.2. The van der Waals surface area contributed by atoms with Gasteiger partial charge < -0.3 is 14.8 Å². The maximum atomic E-state index is 5.53. The predicted octanol–water partition coefficient (Wildman–Crippen LogP) is 1.87. The molecule has 0 saturated carbocycles. The molecule has 3 nitrogen and oxygen atoms in total. The third kappa shape index (κ3) is 7.91. The Morgan fingerprint density at radius 3 is 2.53 bits per heavy atom. The van der Waals surface area contributed by atoms with E-state index in [1.54, 1.807) is 7.11 Å². The number of methoxy groups -OCH3 is 1. The molecule has 0 atom stereocenters. The van der Waals surface area contributed by atoms with E-state index < -0.39 is 0 Å². The van der Waals surface area contributed by atoms with Crippen LogP contribution in [0, 0.1) is 0 Å². The number of nitrogens with one attached hydrogen (secondary N) is 1. The predicted molar refractivity (Wildman–Crippen MR) is 70.3 cm³/mol. The molecular weight excluding hydrogens is 214 g/mol. The minimum Gasteiger partial charge on any atom is -0.383 e. The lowest BCUT2D eigenvalue weighted by Crippen LogP contribution is -2.23. The molecule has 0 heterocycles. The average molecular weight is 237 g/mol. The number of hydrogen-bond acceptors (Lipinski definition) is 3. The molecule has 96 valence electrons. The van der Waals surface area contributed by atoms with Crippen LogP contribution in [0.1, 0.15) is 12.0 Å². The quantitative estimate of drug-likeness (QED) is 0.630. The van der Waals surface area contributed by atoms with Gasteiger partial charge in [0.05, 0.1) is 13.2 Å². The summed E-state index contributed by atoms with van der Waals surface area (Å²) in [5.74, 6) is 0. The smallest absolute Gasteiger partial charge is 0.0590 e. The van der Waals surface area contributed by atoms with Crippen molar-refractivity contribution in [2.24, 2.45) is 0 Å². The lowest BCUT2D eigenvalue weighted by atomic mass is 10.1. The van der Waals surface area contributed by atoms with E-state index in [-0.39, 0.29) is 0 Å². The summed E-state index contributed by atoms with van der Waals surface area (Å²) in [5.41, 5.74) is 1.38. The fraction of sp³-hybridized carbons (Fsp3) is 0.571. The summed E-state index contributed by atoms with van der Waals surface area (Å²) in [6.07, 6.45) is 2.18. The van der Waals surface area contributed by atoms with Gasteiger partial charge in [-0.25, -0.2) is 0 Å². The van der Waals surface area contributed by atoms with Crippen molar-refractivity contribution in [2.45, 2.75) is 12.8 Å². The molecule has 17 heavy (non-hydrogen) atoms. The summed E-state index contributed by atoms with van der Waals surface area (Å²) in [6, 6.07) is 10.5. The average Bonchev–Trinajstić information content (AvgIpc) is 2.38. The van der Waals surface area contributed by atoms with E-state index in [0.717, 1.165) is 45.8 Å². The van der Waals surface area contributed by atoms with Gasteiger partial charge in [0.15, 0.2) is 0 Å². The Labute approximate surface area is 104 Å². The van der Waals surface area contributed by atoms with Gasteiger partial charge in [-0.3, -0.25) is 0 Å². The highest BCUT2D eigenvalue weighted by atomic mass is 16.5. The first-order valence-corrected chi connectivity index (χ1v) is 6.25. The minimum atomic E-state index is 0.758. The largest absolute Gasteiger partial charge is 0.383 e. The van der Waals surface area contributed by atoms with Crippen molar-refractivity contribution in [3.8, 4) is 0 Å². The third-order valence-corrected chi connectivity index (χ3v) is 2.50. The molecule has 0 amide bonds. The van der Waals surface area contributed by atoms with Gasteiger partial charge >= 0.3 is 0 Å². The summed E-state index contributed by atoms with van der Waals surface area (Å²) < 4.78 is 10.5. The van der Waals surface area contributed by atoms with Crippen LogP contribution in [0.5, 0.6) is 0 Å². The van der Waals surface area contributed by atoms with Gasteiger partial charge in [0.2, 0.25) is 0 Å². The van der Waals surface area contributed by atoms with Crippen LogP contribution in [-0.2, 0) is 15.9 Å². The van der Waals surface area contributed by atoms with E-state index in [1.807, 2.05) is 6.07 Å². The lowest BCUT2D eigenvalue weighted by molar-refractivity contribution is 0.130. The molecule has 0 unspecified atom stereocenters. The Morgan fingerprint density at radius 2 is 1.76 bits per heavy atom. The zero-order valence-electron chi connectivity index (χ0n) is 10.7. The topological polar surface area (TPSA) is 30.5 Å². The molecule has 0 spiro atoms. The first-order chi connectivity index (χ1) is 8.43. The number of rotatable bonds is 10. The molecule has 0 fully saturated rings. The third-order valence-electron chi connectivity index (χ3n) is 2.50. The molecule has 0 radical (unpaired) electrons. The van der Waals surface area contributed by atoms with E-state index in [4.69, 9.17) is 9.47 Å². The highest BCUT2D eigenvalue weighted by Crippen LogP contribution is 2.01. The van der Waals surface area contributed by atoms with E-state index in [1.165, 1.54) is 5.56 Å². The molecule has 0 aliphatic heterocycles. The highest BCUT2D eigenvalue weighted by Gasteiger charge is 1.92. The Morgan fingerprint density at radius 1 is 1.00 bits per heavy atom. The fourth-order valence-corrected chi connectivity index (χ4v) is 1.57.